The molecule has 0 aliphatic rings. The highest BCUT2D eigenvalue weighted by Crippen LogP contribution is 1.90. The van der Waals surface area contributed by atoms with Crippen LogP contribution in [0.15, 0.2) is 21.7 Å². The van der Waals surface area contributed by atoms with E-state index in [1.807, 2.05) is 0 Å². The maximum Gasteiger partial charge on any atom is 0.265 e. The molecule has 1 aromatic heterocycles. The highest BCUT2D eigenvalue weighted by atomic mass is 16.3. The molecule has 1 amide bonds. The number of likely N-dealkylation sites (N-methyl/N-ethyl adjacent to an activating group) is 1. The fourth-order valence-electron chi connectivity index (χ4n) is 1.39. The van der Waals surface area contributed by atoms with Gasteiger partial charge in [0.1, 0.15) is 6.54 Å². The number of rotatable bonds is 5. The highest BCUT2D eigenvalue weighted by Gasteiger charge is 2.12. The van der Waals surface area contributed by atoms with Crippen molar-refractivity contribution < 1.29 is 9.90 Å². The highest BCUT2D eigenvalue weighted by molar-refractivity contribution is 5.75. The summed E-state index contributed by atoms with van der Waals surface area (Å²) in [5.74, 6) is -0.328. The van der Waals surface area contributed by atoms with E-state index < -0.39 is 11.1 Å². The molecule has 0 fully saturated rings. The number of nitrogens with zero attached hydrogens (tertiary/aromatic N) is 2. The van der Waals surface area contributed by atoms with Crippen LogP contribution in [0, 0.1) is 0 Å². The van der Waals surface area contributed by atoms with Crippen molar-refractivity contribution in [3.8, 4) is 0 Å². The quantitative estimate of drug-likeness (QED) is 0.647. The predicted octanol–water partition coefficient (Wildman–Crippen LogP) is -1.62. The summed E-state index contributed by atoms with van der Waals surface area (Å²) in [6.07, 6.45) is 0. The molecule has 1 heterocycles. The topological polar surface area (TPSA) is 95.4 Å². The molecule has 17 heavy (non-hydrogen) atoms. The van der Waals surface area contributed by atoms with Gasteiger partial charge in [0.25, 0.3) is 11.1 Å². The summed E-state index contributed by atoms with van der Waals surface area (Å²) >= 11 is 0. The molecule has 0 aliphatic carbocycles. The van der Waals surface area contributed by atoms with E-state index in [1.165, 1.54) is 4.90 Å². The zero-order valence-corrected chi connectivity index (χ0v) is 9.55. The number of carbonyl (C=O) groups is 1. The van der Waals surface area contributed by atoms with Crippen molar-refractivity contribution in [2.45, 2.75) is 13.5 Å². The molecule has 2 N–H and O–H groups in total. The maximum absolute atomic E-state index is 11.7. The van der Waals surface area contributed by atoms with Crippen molar-refractivity contribution in [1.29, 1.82) is 0 Å². The van der Waals surface area contributed by atoms with E-state index in [2.05, 4.69) is 5.10 Å². The number of aromatic nitrogens is 2. The van der Waals surface area contributed by atoms with Gasteiger partial charge in [0.15, 0.2) is 0 Å². The van der Waals surface area contributed by atoms with Crippen molar-refractivity contribution in [1.82, 2.24) is 14.7 Å². The molecule has 7 heteroatoms. The summed E-state index contributed by atoms with van der Waals surface area (Å²) in [5, 5.41) is 11.0. The second-order valence-electron chi connectivity index (χ2n) is 3.43. The zero-order valence-electron chi connectivity index (χ0n) is 9.55. The summed E-state index contributed by atoms with van der Waals surface area (Å²) in [5.41, 5.74) is -0.888. The molecule has 0 unspecified atom stereocenters. The van der Waals surface area contributed by atoms with Gasteiger partial charge >= 0.3 is 0 Å². The Kier molecular flexibility index (Phi) is 4.65. The summed E-state index contributed by atoms with van der Waals surface area (Å²) in [7, 11) is 0. The van der Waals surface area contributed by atoms with Crippen molar-refractivity contribution in [2.75, 3.05) is 19.7 Å². The van der Waals surface area contributed by atoms with Crippen LogP contribution in [0.4, 0.5) is 0 Å². The summed E-state index contributed by atoms with van der Waals surface area (Å²) in [6.45, 7) is 2.04. The lowest BCUT2D eigenvalue weighted by atomic mass is 10.4. The fourth-order valence-corrected chi connectivity index (χ4v) is 1.39. The van der Waals surface area contributed by atoms with Crippen molar-refractivity contribution >= 4 is 5.91 Å². The van der Waals surface area contributed by atoms with E-state index in [4.69, 9.17) is 5.11 Å². The Morgan fingerprint density at radius 1 is 1.47 bits per heavy atom. The molecule has 0 saturated carbocycles. The molecule has 0 spiro atoms. The standard InChI is InChI=1S/C10H15N3O4/c1-2-12(5-6-14)10(17)7-13-9(16)4-3-8(15)11-13/h3-4,14H,2,5-7H2,1H3,(H,11,15). The number of H-pyrrole nitrogens is 1. The first-order valence-corrected chi connectivity index (χ1v) is 5.27. The molecule has 0 atom stereocenters. The largest absolute Gasteiger partial charge is 0.395 e. The number of amides is 1. The first-order chi connectivity index (χ1) is 8.08. The van der Waals surface area contributed by atoms with Gasteiger partial charge in [-0.05, 0) is 6.92 Å². The van der Waals surface area contributed by atoms with E-state index in [-0.39, 0.29) is 25.6 Å². The summed E-state index contributed by atoms with van der Waals surface area (Å²) in [6, 6.07) is 2.21. The van der Waals surface area contributed by atoms with Crippen LogP contribution in [0.3, 0.4) is 0 Å². The SMILES string of the molecule is CCN(CCO)C(=O)Cn1[nH]c(=O)ccc1=O. The Labute approximate surface area is 97.3 Å². The molecule has 0 bridgehead atoms. The monoisotopic (exact) mass is 241 g/mol. The molecule has 94 valence electrons. The van der Waals surface area contributed by atoms with Crippen LogP contribution in [0.2, 0.25) is 0 Å². The Bertz CT molecular complexity index is 491. The number of aliphatic hydroxyl groups excluding tert-OH is 1. The van der Waals surface area contributed by atoms with E-state index in [0.29, 0.717) is 6.54 Å². The van der Waals surface area contributed by atoms with Crippen molar-refractivity contribution in [3.63, 3.8) is 0 Å². The Morgan fingerprint density at radius 3 is 2.76 bits per heavy atom. The van der Waals surface area contributed by atoms with Crippen LogP contribution in [0.1, 0.15) is 6.92 Å². The minimum absolute atomic E-state index is 0.139. The van der Waals surface area contributed by atoms with Crippen LogP contribution in [-0.2, 0) is 11.3 Å². The molecular weight excluding hydrogens is 226 g/mol. The molecule has 0 radical (unpaired) electrons. The van der Waals surface area contributed by atoms with Gasteiger partial charge < -0.3 is 10.0 Å². The molecule has 0 aromatic carbocycles. The van der Waals surface area contributed by atoms with E-state index in [1.54, 1.807) is 6.92 Å². The van der Waals surface area contributed by atoms with Crippen LogP contribution in [-0.4, -0.2) is 45.4 Å². The van der Waals surface area contributed by atoms with Crippen LogP contribution in [0.5, 0.6) is 0 Å². The predicted molar refractivity (Wildman–Crippen MR) is 60.7 cm³/mol. The number of hydrogen-bond acceptors (Lipinski definition) is 4. The van der Waals surface area contributed by atoms with Gasteiger partial charge in [-0.2, -0.15) is 0 Å². The average Bonchev–Trinajstić information content (AvgIpc) is 2.30. The summed E-state index contributed by atoms with van der Waals surface area (Å²) < 4.78 is 0.949. The van der Waals surface area contributed by atoms with Crippen LogP contribution >= 0.6 is 0 Å². The molecule has 1 rings (SSSR count). The minimum Gasteiger partial charge on any atom is -0.395 e. The molecule has 1 aromatic rings. The van der Waals surface area contributed by atoms with Gasteiger partial charge in [0, 0.05) is 25.2 Å². The lowest BCUT2D eigenvalue weighted by Crippen LogP contribution is -2.39. The van der Waals surface area contributed by atoms with Gasteiger partial charge in [-0.25, -0.2) is 4.68 Å². The normalized spacial score (nSPS) is 10.2. The van der Waals surface area contributed by atoms with E-state index in [0.717, 1.165) is 16.8 Å². The fraction of sp³-hybridized carbons (Fsp3) is 0.500. The lowest BCUT2D eigenvalue weighted by molar-refractivity contribution is -0.132. The Hall–Kier alpha value is -1.89. The molecule has 0 aliphatic heterocycles. The first-order valence-electron chi connectivity index (χ1n) is 5.27. The smallest absolute Gasteiger partial charge is 0.265 e. The Balaban J connectivity index is 2.83. The second-order valence-corrected chi connectivity index (χ2v) is 3.43. The number of hydrogen-bond donors (Lipinski definition) is 2. The average molecular weight is 241 g/mol. The van der Waals surface area contributed by atoms with Crippen LogP contribution < -0.4 is 11.1 Å². The number of aromatic amines is 1. The van der Waals surface area contributed by atoms with Crippen molar-refractivity contribution in [2.24, 2.45) is 0 Å². The van der Waals surface area contributed by atoms with Gasteiger partial charge in [0.05, 0.1) is 6.61 Å². The zero-order chi connectivity index (χ0) is 12.8. The number of aliphatic hydroxyl groups is 1. The molecular formula is C10H15N3O4. The molecule has 0 saturated heterocycles. The van der Waals surface area contributed by atoms with Gasteiger partial charge in [0.2, 0.25) is 5.91 Å². The van der Waals surface area contributed by atoms with Gasteiger partial charge in [-0.15, -0.1) is 0 Å². The Morgan fingerprint density at radius 2 is 2.18 bits per heavy atom. The van der Waals surface area contributed by atoms with Crippen LogP contribution in [0.25, 0.3) is 0 Å². The first kappa shape index (κ1) is 13.2. The minimum atomic E-state index is -0.446. The van der Waals surface area contributed by atoms with Gasteiger partial charge in [-0.3, -0.25) is 19.5 Å². The third-order valence-electron chi connectivity index (χ3n) is 2.29. The maximum atomic E-state index is 11.7. The third kappa shape index (κ3) is 3.56. The number of carbonyl (C=O) groups excluding carboxylic acids is 1. The van der Waals surface area contributed by atoms with Gasteiger partial charge in [-0.1, -0.05) is 0 Å². The third-order valence-corrected chi connectivity index (χ3v) is 2.29. The summed E-state index contributed by atoms with van der Waals surface area (Å²) in [4.78, 5) is 35.5. The van der Waals surface area contributed by atoms with E-state index >= 15 is 0 Å². The lowest BCUT2D eigenvalue weighted by Gasteiger charge is -2.19. The number of nitrogens with one attached hydrogen (secondary N) is 1. The second kappa shape index (κ2) is 6.00. The van der Waals surface area contributed by atoms with E-state index in [9.17, 15) is 14.4 Å². The van der Waals surface area contributed by atoms with Crippen molar-refractivity contribution in [3.05, 3.63) is 32.8 Å². The molecule has 7 nitrogen and oxygen atoms in total.